The molecular weight excluding hydrogens is 1570 g/mol. The number of halogens is 15. The lowest BCUT2D eigenvalue weighted by Crippen LogP contribution is -2.31. The third-order valence-electron chi connectivity index (χ3n) is 14.7. The third-order valence-corrected chi connectivity index (χ3v) is 20.8. The summed E-state index contributed by atoms with van der Waals surface area (Å²) in [7, 11) is -2.46. The van der Waals surface area contributed by atoms with Gasteiger partial charge in [-0.15, -0.1) is 0 Å². The maximum atomic E-state index is 12.9. The highest BCUT2D eigenvalue weighted by molar-refractivity contribution is 7.99. The Bertz CT molecular complexity index is 4250. The molecule has 0 spiro atoms. The molecule has 0 radical (unpaired) electrons. The number of carbonyl (C=O) groups is 4. The summed E-state index contributed by atoms with van der Waals surface area (Å²) in [4.78, 5) is 70.7. The lowest BCUT2D eigenvalue weighted by atomic mass is 10.3. The summed E-state index contributed by atoms with van der Waals surface area (Å²) in [6.45, 7) is 4.19. The van der Waals surface area contributed by atoms with Gasteiger partial charge in [0.15, 0.2) is 30.4 Å². The standard InChI is InChI=1S/C16H18ClF3N4O2S.C16H18ClF3N4OS.C16H17ClF2N4O3S.C15H16ClF3N4OS/c1-2-23(14(25)5-8-27(26)9-6-16(18,19)20)13-11-24(22-15(13)17)12-4-3-7-21-10-12;1-2-23(14(25)5-8-26-9-6-16(18,19)20)13-11-24(22-15(13)17)12-4-3-7-21-10-12;1-22(13-9-23(21-15(13)17)12-3-2-5-20-8-12)14(24)4-6-27(25,26)10-11-7-16(11,18)19;1-22(13(24)4-7-25-8-5-15(17,18)19)12-10-23(21-14(12)16)11-3-2-6-20-9-11/h3-4,7,10-11H,2,5-6,8-9H2,1H3;3-4,7,10-11H,2,5-6,8-9H2,1H3;2-3,5,8-9,11H,4,6-7,10H2,1H3;2-3,6,9-10H,4-5,7-8H2,1H3. The van der Waals surface area contributed by atoms with Crippen LogP contribution >= 0.6 is 69.9 Å². The Morgan fingerprint density at radius 2 is 0.838 bits per heavy atom. The van der Waals surface area contributed by atoms with Gasteiger partial charge < -0.3 is 19.6 Å². The van der Waals surface area contributed by atoms with Crippen LogP contribution in [0.15, 0.2) is 123 Å². The van der Waals surface area contributed by atoms with Gasteiger partial charge in [0.25, 0.3) is 5.92 Å². The van der Waals surface area contributed by atoms with Crippen LogP contribution < -0.4 is 19.6 Å². The molecule has 0 bridgehead atoms. The molecule has 42 heteroatoms. The minimum absolute atomic E-state index is 0.0530. The highest BCUT2D eigenvalue weighted by Crippen LogP contribution is 2.49. The highest BCUT2D eigenvalue weighted by Gasteiger charge is 2.58. The first-order valence-corrected chi connectivity index (χ1v) is 38.6. The van der Waals surface area contributed by atoms with Crippen molar-refractivity contribution in [2.24, 2.45) is 5.92 Å². The van der Waals surface area contributed by atoms with Gasteiger partial charge in [0.2, 0.25) is 23.6 Å². The van der Waals surface area contributed by atoms with E-state index in [-0.39, 0.29) is 87.8 Å². The van der Waals surface area contributed by atoms with Gasteiger partial charge in [-0.25, -0.2) is 35.9 Å². The fourth-order valence-corrected chi connectivity index (χ4v) is 14.5. The van der Waals surface area contributed by atoms with Crippen molar-refractivity contribution in [2.45, 2.75) is 89.7 Å². The number of amides is 4. The van der Waals surface area contributed by atoms with Gasteiger partial charge in [-0.2, -0.15) is 83.4 Å². The van der Waals surface area contributed by atoms with E-state index in [0.29, 0.717) is 63.5 Å². The second kappa shape index (κ2) is 39.9. The molecule has 0 aromatic carbocycles. The molecule has 1 fully saturated rings. The molecule has 1 aliphatic carbocycles. The van der Waals surface area contributed by atoms with Gasteiger partial charge in [-0.3, -0.25) is 43.3 Å². The Labute approximate surface area is 626 Å². The van der Waals surface area contributed by atoms with Crippen LogP contribution in [0, 0.1) is 5.92 Å². The number of pyridine rings is 4. The van der Waals surface area contributed by atoms with E-state index in [2.05, 4.69) is 40.3 Å². The molecule has 0 saturated heterocycles. The fourth-order valence-electron chi connectivity index (χ4n) is 9.02. The summed E-state index contributed by atoms with van der Waals surface area (Å²) < 4.78 is 176. The average Bonchev–Trinajstić information content (AvgIpc) is 1.62. The van der Waals surface area contributed by atoms with Gasteiger partial charge in [-0.05, 0) is 62.4 Å². The number of aromatic nitrogens is 12. The largest absolute Gasteiger partial charge is 0.390 e. The van der Waals surface area contributed by atoms with Crippen molar-refractivity contribution in [3.05, 3.63) is 144 Å². The van der Waals surface area contributed by atoms with Crippen molar-refractivity contribution in [1.82, 2.24) is 59.1 Å². The van der Waals surface area contributed by atoms with Gasteiger partial charge in [0.1, 0.15) is 22.7 Å². The Morgan fingerprint density at radius 1 is 0.514 bits per heavy atom. The predicted octanol–water partition coefficient (Wildman–Crippen LogP) is 14.0. The number of anilines is 4. The van der Waals surface area contributed by atoms with E-state index in [9.17, 15) is 80.1 Å². The molecule has 105 heavy (non-hydrogen) atoms. The van der Waals surface area contributed by atoms with Crippen molar-refractivity contribution in [3.8, 4) is 22.7 Å². The van der Waals surface area contributed by atoms with Crippen LogP contribution in [0.1, 0.15) is 65.2 Å². The van der Waals surface area contributed by atoms with Crippen LogP contribution in [0.5, 0.6) is 0 Å². The molecule has 23 nitrogen and oxygen atoms in total. The lowest BCUT2D eigenvalue weighted by Gasteiger charge is -2.19. The van der Waals surface area contributed by atoms with Crippen molar-refractivity contribution in [2.75, 3.05) is 92.8 Å². The summed E-state index contributed by atoms with van der Waals surface area (Å²) in [5.41, 5.74) is 4.25. The maximum Gasteiger partial charge on any atom is 0.390 e. The smallest absolute Gasteiger partial charge is 0.311 e. The number of sulfone groups is 1. The molecule has 8 heterocycles. The fraction of sp³-hybridized carbons (Fsp3) is 0.429. The van der Waals surface area contributed by atoms with E-state index < -0.39 is 99.9 Å². The molecule has 0 aliphatic heterocycles. The Morgan fingerprint density at radius 3 is 1.16 bits per heavy atom. The zero-order chi connectivity index (χ0) is 77.5. The molecular formula is C63H69Cl4F11N16O7S4. The molecule has 8 aromatic heterocycles. The van der Waals surface area contributed by atoms with E-state index in [1.807, 2.05) is 0 Å². The monoisotopic (exact) mass is 1640 g/mol. The average molecular weight is 1640 g/mol. The molecule has 9 rings (SSSR count). The first kappa shape index (κ1) is 86.4. The van der Waals surface area contributed by atoms with Crippen LogP contribution in [0.4, 0.5) is 71.0 Å². The van der Waals surface area contributed by atoms with Crippen LogP contribution in [-0.2, 0) is 39.8 Å². The molecule has 0 N–H and O–H groups in total. The second-order valence-electron chi connectivity index (χ2n) is 22.5. The minimum Gasteiger partial charge on any atom is -0.311 e. The summed E-state index contributed by atoms with van der Waals surface area (Å²) in [5, 5.41) is 17.1. The molecule has 8 aromatic rings. The van der Waals surface area contributed by atoms with E-state index in [1.54, 1.807) is 138 Å². The second-order valence-corrected chi connectivity index (χ2v) is 30.3. The first-order chi connectivity index (χ1) is 49.4. The number of nitrogens with zero attached hydrogens (tertiary/aromatic N) is 16. The molecule has 2 atom stereocenters. The molecule has 4 amide bonds. The van der Waals surface area contributed by atoms with Gasteiger partial charge in [-0.1, -0.05) is 46.4 Å². The number of thioether (sulfide) groups is 2. The summed E-state index contributed by atoms with van der Waals surface area (Å²) >= 11 is 26.7. The summed E-state index contributed by atoms with van der Waals surface area (Å²) in [6, 6.07) is 14.1. The van der Waals surface area contributed by atoms with Crippen molar-refractivity contribution in [3.63, 3.8) is 0 Å². The number of hydrogen-bond donors (Lipinski definition) is 0. The van der Waals surface area contributed by atoms with Crippen LogP contribution in [0.2, 0.25) is 20.6 Å². The Balaban J connectivity index is 0.000000220. The minimum atomic E-state index is -4.36. The molecule has 1 saturated carbocycles. The van der Waals surface area contributed by atoms with E-state index in [1.165, 1.54) is 51.6 Å². The molecule has 572 valence electrons. The van der Waals surface area contributed by atoms with Gasteiger partial charge >= 0.3 is 18.5 Å². The quantitative estimate of drug-likeness (QED) is 0.0299. The predicted molar refractivity (Wildman–Crippen MR) is 383 cm³/mol. The number of rotatable bonds is 30. The number of alkyl halides is 11. The van der Waals surface area contributed by atoms with Gasteiger partial charge in [0.05, 0.1) is 103 Å². The molecule has 1 aliphatic rings. The van der Waals surface area contributed by atoms with E-state index in [0.717, 1.165) is 23.5 Å². The van der Waals surface area contributed by atoms with Crippen LogP contribution in [0.25, 0.3) is 22.7 Å². The Hall–Kier alpha value is -7.49. The number of hydrogen-bond acceptors (Lipinski definition) is 17. The summed E-state index contributed by atoms with van der Waals surface area (Å²) in [6.07, 6.45) is 3.00. The van der Waals surface area contributed by atoms with Crippen LogP contribution in [0.3, 0.4) is 0 Å². The zero-order valence-electron chi connectivity index (χ0n) is 56.2. The number of carbonyl (C=O) groups excluding carboxylic acids is 4. The third kappa shape index (κ3) is 28.6. The van der Waals surface area contributed by atoms with Crippen molar-refractivity contribution < 1.29 is 80.1 Å². The lowest BCUT2D eigenvalue weighted by molar-refractivity contribution is -0.130. The first-order valence-electron chi connectivity index (χ1n) is 31.4. The van der Waals surface area contributed by atoms with Gasteiger partial charge in [0, 0.05) is 135 Å². The zero-order valence-corrected chi connectivity index (χ0v) is 62.5. The molecule has 2 unspecified atom stereocenters. The van der Waals surface area contributed by atoms with E-state index in [4.69, 9.17) is 46.4 Å². The van der Waals surface area contributed by atoms with E-state index >= 15 is 0 Å². The summed E-state index contributed by atoms with van der Waals surface area (Å²) in [5.74, 6) is -6.59. The van der Waals surface area contributed by atoms with Crippen molar-refractivity contribution >= 4 is 137 Å². The normalized spacial score (nSPS) is 13.6. The Kier molecular flexibility index (Phi) is 32.9. The topological polar surface area (TPSA) is 255 Å². The highest BCUT2D eigenvalue weighted by atomic mass is 35.5. The van der Waals surface area contributed by atoms with Crippen LogP contribution in [-0.4, -0.2) is 193 Å². The van der Waals surface area contributed by atoms with Crippen molar-refractivity contribution in [1.29, 1.82) is 0 Å². The SMILES string of the molecule is CCN(C(=O)CCS(=O)CCC(F)(F)F)c1cn(-c2cccnc2)nc1Cl.CCN(C(=O)CCSCCC(F)(F)F)c1cn(-c2cccnc2)nc1Cl.CN(C(=O)CCS(=O)(=O)CC1CC1(F)F)c1cn(-c2cccnc2)nc1Cl.CN(C(=O)CCSCCC(F)(F)F)c1cn(-c2cccnc2)nc1Cl. The maximum absolute atomic E-state index is 12.9.